The van der Waals surface area contributed by atoms with E-state index in [1.54, 1.807) is 0 Å². The van der Waals surface area contributed by atoms with Gasteiger partial charge in [-0.05, 0) is 19.4 Å². The number of pyridine rings is 1. The van der Waals surface area contributed by atoms with E-state index in [-0.39, 0.29) is 23.0 Å². The molecule has 0 aromatic carbocycles. The highest BCUT2D eigenvalue weighted by molar-refractivity contribution is 6.33. The van der Waals surface area contributed by atoms with Crippen LogP contribution in [0.3, 0.4) is 0 Å². The van der Waals surface area contributed by atoms with Crippen LogP contribution in [0, 0.1) is 0 Å². The molecule has 2 heterocycles. The van der Waals surface area contributed by atoms with Gasteiger partial charge >= 0.3 is 6.18 Å². The van der Waals surface area contributed by atoms with Crippen LogP contribution in [0.2, 0.25) is 5.02 Å². The van der Waals surface area contributed by atoms with Crippen LogP contribution in [0.4, 0.5) is 13.2 Å². The Morgan fingerprint density at radius 2 is 2.17 bits per heavy atom. The van der Waals surface area contributed by atoms with Crippen LogP contribution in [-0.2, 0) is 22.1 Å². The Labute approximate surface area is 141 Å². The van der Waals surface area contributed by atoms with Gasteiger partial charge in [-0.3, -0.25) is 4.79 Å². The van der Waals surface area contributed by atoms with Gasteiger partial charge in [0.1, 0.15) is 0 Å². The molecule has 2 aromatic rings. The second kappa shape index (κ2) is 7.85. The number of aromatic nitrogens is 2. The summed E-state index contributed by atoms with van der Waals surface area (Å²) in [6, 6.07) is 0.821. The minimum absolute atomic E-state index is 0.0337. The van der Waals surface area contributed by atoms with Gasteiger partial charge in [0, 0.05) is 32.2 Å². The second-order valence-corrected chi connectivity index (χ2v) is 5.52. The van der Waals surface area contributed by atoms with E-state index in [0.29, 0.717) is 31.9 Å². The van der Waals surface area contributed by atoms with E-state index in [4.69, 9.17) is 16.3 Å². The number of fused-ring (bicyclic) bond motifs is 1. The Balaban J connectivity index is 2.03. The minimum atomic E-state index is -4.50. The molecule has 1 N–H and O–H groups in total. The van der Waals surface area contributed by atoms with Gasteiger partial charge in [0.15, 0.2) is 5.65 Å². The third-order valence-electron chi connectivity index (χ3n) is 3.22. The molecule has 0 fully saturated rings. The molecule has 1 amide bonds. The summed E-state index contributed by atoms with van der Waals surface area (Å²) in [4.78, 5) is 15.9. The summed E-state index contributed by atoms with van der Waals surface area (Å²) in [6.07, 6.45) is -1.58. The molecule has 0 unspecified atom stereocenters. The molecule has 0 aliphatic heterocycles. The first kappa shape index (κ1) is 18.5. The Kier molecular flexibility index (Phi) is 6.06. The fourth-order valence-electron chi connectivity index (χ4n) is 2.12. The highest BCUT2D eigenvalue weighted by Gasteiger charge is 2.31. The van der Waals surface area contributed by atoms with E-state index < -0.39 is 11.7 Å². The smallest absolute Gasteiger partial charge is 0.382 e. The third kappa shape index (κ3) is 4.85. The molecular formula is C15H17ClF3N3O2. The summed E-state index contributed by atoms with van der Waals surface area (Å²) in [7, 11) is 0. The summed E-state index contributed by atoms with van der Waals surface area (Å²) in [6.45, 7) is 3.53. The molecule has 0 spiro atoms. The number of rotatable bonds is 7. The molecule has 0 aliphatic rings. The first-order valence-corrected chi connectivity index (χ1v) is 7.78. The number of nitrogens with zero attached hydrogens (tertiary/aromatic N) is 2. The number of carbonyl (C=O) groups is 1. The molecule has 0 radical (unpaired) electrons. The first-order valence-electron chi connectivity index (χ1n) is 7.40. The minimum Gasteiger partial charge on any atom is -0.382 e. The summed E-state index contributed by atoms with van der Waals surface area (Å²) < 4.78 is 44.7. The van der Waals surface area contributed by atoms with E-state index in [1.165, 1.54) is 10.6 Å². The molecule has 2 rings (SSSR count). The lowest BCUT2D eigenvalue weighted by molar-refractivity contribution is -0.137. The predicted octanol–water partition coefficient (Wildman–Crippen LogP) is 3.09. The number of imidazole rings is 1. The highest BCUT2D eigenvalue weighted by Crippen LogP contribution is 2.32. The van der Waals surface area contributed by atoms with Crippen molar-refractivity contribution in [3.05, 3.63) is 34.7 Å². The van der Waals surface area contributed by atoms with Crippen LogP contribution in [0.25, 0.3) is 5.65 Å². The van der Waals surface area contributed by atoms with Gasteiger partial charge < -0.3 is 14.5 Å². The summed E-state index contributed by atoms with van der Waals surface area (Å²) in [5.41, 5.74) is -0.341. The molecule has 2 aromatic heterocycles. The van der Waals surface area contributed by atoms with Crippen LogP contribution < -0.4 is 5.32 Å². The lowest BCUT2D eigenvalue weighted by atomic mass is 10.3. The van der Waals surface area contributed by atoms with Gasteiger partial charge in [-0.2, -0.15) is 13.2 Å². The van der Waals surface area contributed by atoms with Crippen molar-refractivity contribution in [3.8, 4) is 0 Å². The number of amides is 1. The van der Waals surface area contributed by atoms with Crippen LogP contribution >= 0.6 is 11.6 Å². The van der Waals surface area contributed by atoms with Crippen molar-refractivity contribution in [1.82, 2.24) is 14.7 Å². The van der Waals surface area contributed by atoms with Crippen molar-refractivity contribution >= 4 is 23.2 Å². The van der Waals surface area contributed by atoms with Crippen LogP contribution in [0.15, 0.2) is 18.5 Å². The summed E-state index contributed by atoms with van der Waals surface area (Å²) in [5, 5.41) is 2.59. The first-order chi connectivity index (χ1) is 11.3. The maximum absolute atomic E-state index is 12.8. The zero-order valence-corrected chi connectivity index (χ0v) is 13.7. The Morgan fingerprint density at radius 3 is 2.83 bits per heavy atom. The Bertz CT molecular complexity index is 716. The van der Waals surface area contributed by atoms with Crippen LogP contribution in [0.5, 0.6) is 0 Å². The van der Waals surface area contributed by atoms with Gasteiger partial charge in [0.2, 0.25) is 5.91 Å². The predicted molar refractivity (Wildman–Crippen MR) is 83.0 cm³/mol. The lowest BCUT2D eigenvalue weighted by Crippen LogP contribution is -2.26. The monoisotopic (exact) mass is 363 g/mol. The fourth-order valence-corrected chi connectivity index (χ4v) is 2.38. The molecule has 5 nitrogen and oxygen atoms in total. The van der Waals surface area contributed by atoms with Crippen molar-refractivity contribution in [2.24, 2.45) is 0 Å². The summed E-state index contributed by atoms with van der Waals surface area (Å²) in [5.74, 6) is -0.262. The molecule has 132 valence electrons. The quantitative estimate of drug-likeness (QED) is 0.769. The Hall–Kier alpha value is -1.80. The van der Waals surface area contributed by atoms with Gasteiger partial charge in [0.05, 0.1) is 22.7 Å². The van der Waals surface area contributed by atoms with Gasteiger partial charge in [-0.25, -0.2) is 4.98 Å². The van der Waals surface area contributed by atoms with E-state index in [9.17, 15) is 18.0 Å². The zero-order chi connectivity index (χ0) is 17.7. The maximum atomic E-state index is 12.8. The van der Waals surface area contributed by atoms with Gasteiger partial charge in [-0.15, -0.1) is 0 Å². The highest BCUT2D eigenvalue weighted by atomic mass is 35.5. The average Bonchev–Trinajstić information content (AvgIpc) is 2.89. The van der Waals surface area contributed by atoms with Crippen molar-refractivity contribution in [1.29, 1.82) is 0 Å². The molecule has 24 heavy (non-hydrogen) atoms. The number of carbonyl (C=O) groups excluding carboxylic acids is 1. The number of ether oxygens (including phenoxy) is 1. The largest absolute Gasteiger partial charge is 0.417 e. The fraction of sp³-hybridized carbons (Fsp3) is 0.467. The molecule has 0 saturated heterocycles. The Morgan fingerprint density at radius 1 is 1.42 bits per heavy atom. The molecule has 9 heteroatoms. The molecular weight excluding hydrogens is 347 g/mol. The SMILES string of the molecule is CCOCCCNC(=O)Cc1cn2cc(C(F)(F)F)cc(Cl)c2n1. The van der Waals surface area contributed by atoms with E-state index in [2.05, 4.69) is 10.3 Å². The molecule has 0 aliphatic carbocycles. The number of nitrogens with one attached hydrogen (secondary N) is 1. The van der Waals surface area contributed by atoms with Gasteiger partial charge in [-0.1, -0.05) is 11.6 Å². The van der Waals surface area contributed by atoms with Crippen molar-refractivity contribution in [3.63, 3.8) is 0 Å². The van der Waals surface area contributed by atoms with E-state index in [1.807, 2.05) is 6.92 Å². The number of hydrogen-bond acceptors (Lipinski definition) is 3. The maximum Gasteiger partial charge on any atom is 0.417 e. The van der Waals surface area contributed by atoms with Crippen LogP contribution in [0.1, 0.15) is 24.6 Å². The topological polar surface area (TPSA) is 55.6 Å². The third-order valence-corrected chi connectivity index (χ3v) is 3.50. The van der Waals surface area contributed by atoms with Crippen molar-refractivity contribution < 1.29 is 22.7 Å². The summed E-state index contributed by atoms with van der Waals surface area (Å²) >= 11 is 5.85. The molecule has 0 atom stereocenters. The van der Waals surface area contributed by atoms with Gasteiger partial charge in [0.25, 0.3) is 0 Å². The zero-order valence-electron chi connectivity index (χ0n) is 13.0. The molecule has 0 saturated carbocycles. The number of halogens is 4. The second-order valence-electron chi connectivity index (χ2n) is 5.11. The standard InChI is InChI=1S/C15H17ClF3N3O2/c1-2-24-5-3-4-20-13(23)7-11-9-22-8-10(15(17,18)19)6-12(16)14(22)21-11/h6,8-9H,2-5,7H2,1H3,(H,20,23). The van der Waals surface area contributed by atoms with Crippen molar-refractivity contribution in [2.45, 2.75) is 25.9 Å². The van der Waals surface area contributed by atoms with E-state index >= 15 is 0 Å². The van der Waals surface area contributed by atoms with Crippen molar-refractivity contribution in [2.75, 3.05) is 19.8 Å². The number of hydrogen-bond donors (Lipinski definition) is 1. The average molecular weight is 364 g/mol. The van der Waals surface area contributed by atoms with E-state index in [0.717, 1.165) is 12.3 Å². The lowest BCUT2D eigenvalue weighted by Gasteiger charge is -2.07. The molecule has 0 bridgehead atoms. The van der Waals surface area contributed by atoms with Crippen LogP contribution in [-0.4, -0.2) is 35.1 Å². The number of alkyl halides is 3. The normalized spacial score (nSPS) is 11.9.